The number of rotatable bonds is 6. The average molecular weight is 238 g/mol. The van der Waals surface area contributed by atoms with Crippen molar-refractivity contribution in [1.82, 2.24) is 0 Å². The molecule has 0 saturated heterocycles. The van der Waals surface area contributed by atoms with Gasteiger partial charge in [-0.05, 0) is 42.4 Å². The fourth-order valence-corrected chi connectivity index (χ4v) is 1.74. The third-order valence-electron chi connectivity index (χ3n) is 2.82. The van der Waals surface area contributed by atoms with Crippen LogP contribution in [-0.2, 0) is 11.2 Å². The minimum absolute atomic E-state index is 0.158. The van der Waals surface area contributed by atoms with Crippen LogP contribution in [0.1, 0.15) is 50.2 Å². The summed E-state index contributed by atoms with van der Waals surface area (Å²) < 4.78 is 13.5. The van der Waals surface area contributed by atoms with Crippen LogP contribution in [0, 0.1) is 5.82 Å². The number of aliphatic carboxylic acids is 1. The number of hydrogen-bond donors (Lipinski definition) is 1. The number of halogens is 1. The molecule has 1 rings (SSSR count). The third kappa shape index (κ3) is 4.55. The second-order valence-electron chi connectivity index (χ2n) is 4.61. The minimum atomic E-state index is -0.790. The maximum Gasteiger partial charge on any atom is 0.303 e. The number of carboxylic acids is 1. The van der Waals surface area contributed by atoms with Crippen molar-refractivity contribution in [1.29, 1.82) is 0 Å². The highest BCUT2D eigenvalue weighted by atomic mass is 19.1. The van der Waals surface area contributed by atoms with Crippen LogP contribution in [0.4, 0.5) is 4.39 Å². The molecule has 0 heterocycles. The molecule has 0 fully saturated rings. The molecular weight excluding hydrogens is 219 g/mol. The number of aryl methyl sites for hydroxylation is 1. The van der Waals surface area contributed by atoms with Crippen molar-refractivity contribution in [2.24, 2.45) is 0 Å². The summed E-state index contributed by atoms with van der Waals surface area (Å²) in [5, 5.41) is 8.51. The Bertz CT molecular complexity index is 386. The molecule has 0 aliphatic rings. The van der Waals surface area contributed by atoms with Crippen LogP contribution >= 0.6 is 0 Å². The van der Waals surface area contributed by atoms with E-state index in [4.69, 9.17) is 5.11 Å². The Labute approximate surface area is 101 Å². The van der Waals surface area contributed by atoms with E-state index in [0.29, 0.717) is 30.7 Å². The first-order valence-electron chi connectivity index (χ1n) is 6.01. The van der Waals surface area contributed by atoms with Gasteiger partial charge in [-0.3, -0.25) is 4.79 Å². The molecule has 0 radical (unpaired) electrons. The Morgan fingerprint density at radius 1 is 1.35 bits per heavy atom. The molecule has 0 aliphatic carbocycles. The van der Waals surface area contributed by atoms with Gasteiger partial charge in [0.15, 0.2) is 0 Å². The molecule has 1 aromatic rings. The van der Waals surface area contributed by atoms with E-state index >= 15 is 0 Å². The van der Waals surface area contributed by atoms with Gasteiger partial charge < -0.3 is 5.11 Å². The fourth-order valence-electron chi connectivity index (χ4n) is 1.74. The monoisotopic (exact) mass is 238 g/mol. The highest BCUT2D eigenvalue weighted by molar-refractivity contribution is 5.66. The van der Waals surface area contributed by atoms with Crippen molar-refractivity contribution >= 4 is 5.97 Å². The number of carboxylic acid groups (broad SMARTS) is 1. The predicted octanol–water partition coefficient (Wildman–Crippen LogP) is 3.75. The zero-order valence-electron chi connectivity index (χ0n) is 10.4. The minimum Gasteiger partial charge on any atom is -0.481 e. The van der Waals surface area contributed by atoms with Crippen molar-refractivity contribution in [2.75, 3.05) is 0 Å². The SMILES string of the molecule is CC(C)c1ccc(F)c(CCCCC(=O)O)c1. The van der Waals surface area contributed by atoms with Crippen molar-refractivity contribution in [2.45, 2.75) is 45.4 Å². The third-order valence-corrected chi connectivity index (χ3v) is 2.82. The molecule has 1 N–H and O–H groups in total. The average Bonchev–Trinajstić information content (AvgIpc) is 2.25. The summed E-state index contributed by atoms with van der Waals surface area (Å²) in [7, 11) is 0. The molecule has 0 bridgehead atoms. The number of unbranched alkanes of at least 4 members (excludes halogenated alkanes) is 1. The molecule has 3 heteroatoms. The van der Waals surface area contributed by atoms with Crippen LogP contribution in [0.3, 0.4) is 0 Å². The molecule has 17 heavy (non-hydrogen) atoms. The second-order valence-corrected chi connectivity index (χ2v) is 4.61. The van der Waals surface area contributed by atoms with E-state index in [1.54, 1.807) is 6.07 Å². The van der Waals surface area contributed by atoms with Gasteiger partial charge in [0, 0.05) is 6.42 Å². The van der Waals surface area contributed by atoms with Crippen LogP contribution in [-0.4, -0.2) is 11.1 Å². The smallest absolute Gasteiger partial charge is 0.303 e. The van der Waals surface area contributed by atoms with Gasteiger partial charge in [0.2, 0.25) is 0 Å². The molecule has 1 aromatic carbocycles. The Balaban J connectivity index is 2.57. The Kier molecular flexibility index (Phi) is 5.13. The number of carbonyl (C=O) groups is 1. The van der Waals surface area contributed by atoms with Crippen LogP contribution in [0.2, 0.25) is 0 Å². The van der Waals surface area contributed by atoms with Gasteiger partial charge in [0.1, 0.15) is 5.82 Å². The van der Waals surface area contributed by atoms with Crippen molar-refractivity contribution < 1.29 is 14.3 Å². The van der Waals surface area contributed by atoms with Crippen molar-refractivity contribution in [3.63, 3.8) is 0 Å². The fraction of sp³-hybridized carbons (Fsp3) is 0.500. The zero-order chi connectivity index (χ0) is 12.8. The lowest BCUT2D eigenvalue weighted by atomic mass is 9.98. The van der Waals surface area contributed by atoms with Gasteiger partial charge in [-0.15, -0.1) is 0 Å². The lowest BCUT2D eigenvalue weighted by Crippen LogP contribution is -1.98. The van der Waals surface area contributed by atoms with Crippen molar-refractivity contribution in [3.8, 4) is 0 Å². The van der Waals surface area contributed by atoms with Gasteiger partial charge in [-0.2, -0.15) is 0 Å². The van der Waals surface area contributed by atoms with E-state index in [-0.39, 0.29) is 12.2 Å². The van der Waals surface area contributed by atoms with Crippen LogP contribution in [0.15, 0.2) is 18.2 Å². The summed E-state index contributed by atoms with van der Waals surface area (Å²) >= 11 is 0. The standard InChI is InChI=1S/C14H19FO2/c1-10(2)11-7-8-13(15)12(9-11)5-3-4-6-14(16)17/h7-10H,3-6H2,1-2H3,(H,16,17). The molecule has 0 amide bonds. The van der Waals surface area contributed by atoms with Crippen molar-refractivity contribution in [3.05, 3.63) is 35.1 Å². The summed E-state index contributed by atoms with van der Waals surface area (Å²) in [6, 6.07) is 5.20. The van der Waals surface area contributed by atoms with Gasteiger partial charge in [-0.25, -0.2) is 4.39 Å². The first-order chi connectivity index (χ1) is 8.00. The predicted molar refractivity (Wildman–Crippen MR) is 65.7 cm³/mol. The molecule has 0 saturated carbocycles. The first-order valence-corrected chi connectivity index (χ1v) is 6.01. The van der Waals surface area contributed by atoms with Gasteiger partial charge in [0.05, 0.1) is 0 Å². The molecule has 0 spiro atoms. The van der Waals surface area contributed by atoms with Gasteiger partial charge in [0.25, 0.3) is 0 Å². The number of hydrogen-bond acceptors (Lipinski definition) is 1. The zero-order valence-corrected chi connectivity index (χ0v) is 10.4. The van der Waals surface area contributed by atoms with Gasteiger partial charge >= 0.3 is 5.97 Å². The molecule has 94 valence electrons. The van der Waals surface area contributed by atoms with Crippen LogP contribution < -0.4 is 0 Å². The molecule has 0 aromatic heterocycles. The quantitative estimate of drug-likeness (QED) is 0.766. The largest absolute Gasteiger partial charge is 0.481 e. The molecule has 0 aliphatic heterocycles. The lowest BCUT2D eigenvalue weighted by Gasteiger charge is -2.09. The Morgan fingerprint density at radius 2 is 2.06 bits per heavy atom. The summed E-state index contributed by atoms with van der Waals surface area (Å²) in [6.07, 6.45) is 2.08. The van der Waals surface area contributed by atoms with E-state index in [9.17, 15) is 9.18 Å². The second kappa shape index (κ2) is 6.38. The summed E-state index contributed by atoms with van der Waals surface area (Å²) in [5.41, 5.74) is 1.82. The lowest BCUT2D eigenvalue weighted by molar-refractivity contribution is -0.137. The molecule has 2 nitrogen and oxygen atoms in total. The summed E-state index contributed by atoms with van der Waals surface area (Å²) in [5.74, 6) is -0.598. The van der Waals surface area contributed by atoms with Crippen LogP contribution in [0.5, 0.6) is 0 Å². The summed E-state index contributed by atoms with van der Waals surface area (Å²) in [6.45, 7) is 4.14. The Morgan fingerprint density at radius 3 is 2.65 bits per heavy atom. The summed E-state index contributed by atoms with van der Waals surface area (Å²) in [4.78, 5) is 10.3. The van der Waals surface area contributed by atoms with E-state index in [2.05, 4.69) is 13.8 Å². The normalized spacial score (nSPS) is 10.8. The van der Waals surface area contributed by atoms with E-state index < -0.39 is 5.97 Å². The van der Waals surface area contributed by atoms with E-state index in [1.165, 1.54) is 6.07 Å². The van der Waals surface area contributed by atoms with Gasteiger partial charge in [-0.1, -0.05) is 26.0 Å². The van der Waals surface area contributed by atoms with E-state index in [0.717, 1.165) is 5.56 Å². The highest BCUT2D eigenvalue weighted by Gasteiger charge is 2.06. The van der Waals surface area contributed by atoms with Crippen LogP contribution in [0.25, 0.3) is 0 Å². The number of benzene rings is 1. The highest BCUT2D eigenvalue weighted by Crippen LogP contribution is 2.19. The van der Waals surface area contributed by atoms with E-state index in [1.807, 2.05) is 6.07 Å². The maximum absolute atomic E-state index is 13.5. The Hall–Kier alpha value is -1.38. The molecular formula is C14H19FO2. The molecule has 0 atom stereocenters. The first kappa shape index (κ1) is 13.7. The topological polar surface area (TPSA) is 37.3 Å². The maximum atomic E-state index is 13.5. The molecule has 0 unspecified atom stereocenters.